The second-order valence-corrected chi connectivity index (χ2v) is 6.07. The van der Waals surface area contributed by atoms with E-state index in [9.17, 15) is 4.79 Å². The van der Waals surface area contributed by atoms with Gasteiger partial charge in [0.25, 0.3) is 0 Å². The Balaban J connectivity index is 1.77. The number of benzene rings is 1. The van der Waals surface area contributed by atoms with Crippen LogP contribution in [0.2, 0.25) is 0 Å². The van der Waals surface area contributed by atoms with Gasteiger partial charge in [-0.15, -0.1) is 0 Å². The highest BCUT2D eigenvalue weighted by Crippen LogP contribution is 2.33. The van der Waals surface area contributed by atoms with Crippen LogP contribution in [0.3, 0.4) is 0 Å². The molecular formula is C16H22N2O2. The molecule has 1 fully saturated rings. The number of carbonyl (C=O) groups is 1. The van der Waals surface area contributed by atoms with Gasteiger partial charge >= 0.3 is 5.97 Å². The number of hydrogen-bond acceptors (Lipinski definition) is 3. The monoisotopic (exact) mass is 274 g/mol. The molecule has 3 rings (SSSR count). The largest absolute Gasteiger partial charge is 0.480 e. The van der Waals surface area contributed by atoms with E-state index in [1.165, 1.54) is 30.5 Å². The van der Waals surface area contributed by atoms with Crippen LogP contribution < -0.4 is 5.32 Å². The fourth-order valence-electron chi connectivity index (χ4n) is 3.06. The van der Waals surface area contributed by atoms with Crippen LogP contribution in [0.1, 0.15) is 29.5 Å². The summed E-state index contributed by atoms with van der Waals surface area (Å²) in [6.07, 6.45) is 3.80. The summed E-state index contributed by atoms with van der Waals surface area (Å²) in [7, 11) is 0. The Bertz CT molecular complexity index is 523. The van der Waals surface area contributed by atoms with Crippen molar-refractivity contribution in [2.75, 3.05) is 25.0 Å². The van der Waals surface area contributed by atoms with E-state index in [1.54, 1.807) is 0 Å². The van der Waals surface area contributed by atoms with Gasteiger partial charge in [-0.25, -0.2) is 0 Å². The highest BCUT2D eigenvalue weighted by molar-refractivity contribution is 5.74. The zero-order valence-corrected chi connectivity index (χ0v) is 12.0. The van der Waals surface area contributed by atoms with Gasteiger partial charge in [-0.3, -0.25) is 9.69 Å². The number of rotatable bonds is 5. The SMILES string of the molecule is Cc1ccc2c(c1NCC(=O)O)CCN(CC1CC1)C2. The highest BCUT2D eigenvalue weighted by atomic mass is 16.4. The van der Waals surface area contributed by atoms with E-state index in [2.05, 4.69) is 22.3 Å². The smallest absolute Gasteiger partial charge is 0.322 e. The third kappa shape index (κ3) is 2.96. The molecule has 2 aliphatic rings. The van der Waals surface area contributed by atoms with Crippen LogP contribution in [-0.2, 0) is 17.8 Å². The van der Waals surface area contributed by atoms with E-state index in [-0.39, 0.29) is 6.54 Å². The maximum absolute atomic E-state index is 10.8. The van der Waals surface area contributed by atoms with Crippen LogP contribution in [0.15, 0.2) is 12.1 Å². The molecule has 108 valence electrons. The molecule has 0 spiro atoms. The minimum absolute atomic E-state index is 0.0108. The van der Waals surface area contributed by atoms with Gasteiger partial charge in [-0.1, -0.05) is 12.1 Å². The average Bonchev–Trinajstić information content (AvgIpc) is 3.21. The molecule has 1 aliphatic heterocycles. The quantitative estimate of drug-likeness (QED) is 0.865. The van der Waals surface area contributed by atoms with E-state index in [0.29, 0.717) is 0 Å². The lowest BCUT2D eigenvalue weighted by Gasteiger charge is -2.30. The minimum atomic E-state index is -0.812. The number of carboxylic acids is 1. The van der Waals surface area contributed by atoms with Crippen molar-refractivity contribution in [2.45, 2.75) is 32.7 Å². The van der Waals surface area contributed by atoms with Gasteiger partial charge in [-0.05, 0) is 48.8 Å². The zero-order chi connectivity index (χ0) is 14.1. The van der Waals surface area contributed by atoms with Gasteiger partial charge < -0.3 is 10.4 Å². The molecule has 0 aromatic heterocycles. The first-order valence-electron chi connectivity index (χ1n) is 7.43. The van der Waals surface area contributed by atoms with Crippen molar-refractivity contribution < 1.29 is 9.90 Å². The molecular weight excluding hydrogens is 252 g/mol. The predicted molar refractivity (Wildman–Crippen MR) is 79.0 cm³/mol. The van der Waals surface area contributed by atoms with Crippen molar-refractivity contribution >= 4 is 11.7 Å². The maximum atomic E-state index is 10.8. The maximum Gasteiger partial charge on any atom is 0.322 e. The summed E-state index contributed by atoms with van der Waals surface area (Å²) < 4.78 is 0. The Morgan fingerprint density at radius 3 is 2.95 bits per heavy atom. The van der Waals surface area contributed by atoms with Crippen LogP contribution in [0, 0.1) is 12.8 Å². The van der Waals surface area contributed by atoms with Crippen LogP contribution in [0.25, 0.3) is 0 Å². The summed E-state index contributed by atoms with van der Waals surface area (Å²) in [5.74, 6) is 0.111. The first-order valence-corrected chi connectivity index (χ1v) is 7.43. The van der Waals surface area contributed by atoms with Gasteiger partial charge in [0.15, 0.2) is 0 Å². The summed E-state index contributed by atoms with van der Waals surface area (Å²) in [5.41, 5.74) is 4.85. The van der Waals surface area contributed by atoms with Crippen molar-refractivity contribution in [1.29, 1.82) is 0 Å². The average molecular weight is 274 g/mol. The second kappa shape index (κ2) is 5.44. The van der Waals surface area contributed by atoms with E-state index in [4.69, 9.17) is 5.11 Å². The number of anilines is 1. The summed E-state index contributed by atoms with van der Waals surface area (Å²) >= 11 is 0. The molecule has 4 nitrogen and oxygen atoms in total. The lowest BCUT2D eigenvalue weighted by Crippen LogP contribution is -2.33. The molecule has 0 bridgehead atoms. The van der Waals surface area contributed by atoms with E-state index in [0.717, 1.165) is 36.7 Å². The molecule has 2 N–H and O–H groups in total. The topological polar surface area (TPSA) is 52.6 Å². The summed E-state index contributed by atoms with van der Waals surface area (Å²) in [6.45, 7) is 5.36. The summed E-state index contributed by atoms with van der Waals surface area (Å²) in [6, 6.07) is 4.30. The third-order valence-corrected chi connectivity index (χ3v) is 4.32. The Labute approximate surface area is 119 Å². The number of aryl methyl sites for hydroxylation is 1. The van der Waals surface area contributed by atoms with Gasteiger partial charge in [-0.2, -0.15) is 0 Å². The Morgan fingerprint density at radius 1 is 1.45 bits per heavy atom. The molecule has 1 aromatic rings. The molecule has 0 radical (unpaired) electrons. The lowest BCUT2D eigenvalue weighted by atomic mass is 9.94. The van der Waals surface area contributed by atoms with Gasteiger partial charge in [0.05, 0.1) is 0 Å². The molecule has 0 atom stereocenters. The van der Waals surface area contributed by atoms with Gasteiger partial charge in [0, 0.05) is 25.3 Å². The van der Waals surface area contributed by atoms with Crippen molar-refractivity contribution in [3.8, 4) is 0 Å². The highest BCUT2D eigenvalue weighted by Gasteiger charge is 2.27. The summed E-state index contributed by atoms with van der Waals surface area (Å²) in [5, 5.41) is 11.9. The summed E-state index contributed by atoms with van der Waals surface area (Å²) in [4.78, 5) is 13.3. The number of hydrogen-bond donors (Lipinski definition) is 2. The predicted octanol–water partition coefficient (Wildman–Crippen LogP) is 2.26. The van der Waals surface area contributed by atoms with Crippen molar-refractivity contribution in [3.63, 3.8) is 0 Å². The molecule has 1 heterocycles. The number of aliphatic carboxylic acids is 1. The van der Waals surface area contributed by atoms with Crippen LogP contribution in [0.4, 0.5) is 5.69 Å². The van der Waals surface area contributed by atoms with Crippen LogP contribution >= 0.6 is 0 Å². The minimum Gasteiger partial charge on any atom is -0.480 e. The van der Waals surface area contributed by atoms with Crippen molar-refractivity contribution in [1.82, 2.24) is 4.90 Å². The number of nitrogens with zero attached hydrogens (tertiary/aromatic N) is 1. The van der Waals surface area contributed by atoms with Crippen LogP contribution in [-0.4, -0.2) is 35.6 Å². The Hall–Kier alpha value is -1.55. The zero-order valence-electron chi connectivity index (χ0n) is 12.0. The number of fused-ring (bicyclic) bond motifs is 1. The van der Waals surface area contributed by atoms with Crippen molar-refractivity contribution in [2.24, 2.45) is 5.92 Å². The standard InChI is InChI=1S/C16H22N2O2/c1-11-2-5-13-10-18(9-12-3-4-12)7-6-14(13)16(11)17-8-15(19)20/h2,5,12,17H,3-4,6-10H2,1H3,(H,19,20). The normalized spacial score (nSPS) is 18.6. The lowest BCUT2D eigenvalue weighted by molar-refractivity contribution is -0.134. The van der Waals surface area contributed by atoms with E-state index >= 15 is 0 Å². The van der Waals surface area contributed by atoms with Crippen LogP contribution in [0.5, 0.6) is 0 Å². The molecule has 4 heteroatoms. The van der Waals surface area contributed by atoms with E-state index in [1.807, 2.05) is 6.92 Å². The first-order chi connectivity index (χ1) is 9.63. The first kappa shape index (κ1) is 13.4. The molecule has 1 aliphatic carbocycles. The number of carboxylic acid groups (broad SMARTS) is 1. The van der Waals surface area contributed by atoms with E-state index < -0.39 is 5.97 Å². The fourth-order valence-corrected chi connectivity index (χ4v) is 3.06. The van der Waals surface area contributed by atoms with Gasteiger partial charge in [0.2, 0.25) is 0 Å². The molecule has 0 amide bonds. The molecule has 1 aromatic carbocycles. The fraction of sp³-hybridized carbons (Fsp3) is 0.562. The molecule has 1 saturated carbocycles. The third-order valence-electron chi connectivity index (χ3n) is 4.32. The molecule has 20 heavy (non-hydrogen) atoms. The molecule has 0 unspecified atom stereocenters. The van der Waals surface area contributed by atoms with Crippen molar-refractivity contribution in [3.05, 3.63) is 28.8 Å². The van der Waals surface area contributed by atoms with Gasteiger partial charge in [0.1, 0.15) is 6.54 Å². The molecule has 0 saturated heterocycles. The Kier molecular flexibility index (Phi) is 3.66. The Morgan fingerprint density at radius 2 is 2.25 bits per heavy atom. The second-order valence-electron chi connectivity index (χ2n) is 6.07. The number of nitrogens with one attached hydrogen (secondary N) is 1.